The third-order valence-corrected chi connectivity index (χ3v) is 7.56. The van der Waals surface area contributed by atoms with Gasteiger partial charge in [0.15, 0.2) is 0 Å². The SMILES string of the molecule is Cc1nn(C)cc1CN1C(=O)c2cccc(N3CCC(C(=O)N(C)CCc4ccccc4)CC3)c2C1=O. The molecule has 8 nitrogen and oxygen atoms in total. The summed E-state index contributed by atoms with van der Waals surface area (Å²) in [5.41, 5.74) is 4.59. The van der Waals surface area contributed by atoms with Crippen LogP contribution in [0.25, 0.3) is 0 Å². The van der Waals surface area contributed by atoms with Gasteiger partial charge in [0.1, 0.15) is 0 Å². The van der Waals surface area contributed by atoms with Gasteiger partial charge in [-0.15, -0.1) is 0 Å². The second kappa shape index (κ2) is 10.2. The number of hydrogen-bond acceptors (Lipinski definition) is 5. The Labute approximate surface area is 217 Å². The van der Waals surface area contributed by atoms with Crippen molar-refractivity contribution in [3.8, 4) is 0 Å². The van der Waals surface area contributed by atoms with Crippen molar-refractivity contribution in [1.29, 1.82) is 0 Å². The van der Waals surface area contributed by atoms with Gasteiger partial charge in [-0.05, 0) is 43.9 Å². The fourth-order valence-corrected chi connectivity index (χ4v) is 5.43. The molecule has 0 saturated carbocycles. The molecule has 3 amide bonds. The van der Waals surface area contributed by atoms with Crippen LogP contribution in [-0.4, -0.2) is 64.0 Å². The number of benzene rings is 2. The molecule has 1 saturated heterocycles. The number of fused-ring (bicyclic) bond motifs is 1. The van der Waals surface area contributed by atoms with Gasteiger partial charge in [0, 0.05) is 51.4 Å². The van der Waals surface area contributed by atoms with Crippen LogP contribution in [0, 0.1) is 12.8 Å². The quantitative estimate of drug-likeness (QED) is 0.466. The minimum atomic E-state index is -0.268. The lowest BCUT2D eigenvalue weighted by Crippen LogP contribution is -2.42. The van der Waals surface area contributed by atoms with Crippen molar-refractivity contribution in [3.05, 3.63) is 82.7 Å². The monoisotopic (exact) mass is 499 g/mol. The Balaban J connectivity index is 1.24. The smallest absolute Gasteiger partial charge is 0.263 e. The summed E-state index contributed by atoms with van der Waals surface area (Å²) < 4.78 is 1.69. The van der Waals surface area contributed by atoms with Gasteiger partial charge in [-0.2, -0.15) is 5.10 Å². The summed E-state index contributed by atoms with van der Waals surface area (Å²) in [7, 11) is 3.71. The molecule has 0 unspecified atom stereocenters. The number of imide groups is 1. The summed E-state index contributed by atoms with van der Waals surface area (Å²) in [5, 5.41) is 4.33. The zero-order valence-corrected chi connectivity index (χ0v) is 21.7. The predicted octanol–water partition coefficient (Wildman–Crippen LogP) is 3.44. The molecule has 192 valence electrons. The summed E-state index contributed by atoms with van der Waals surface area (Å²) in [6.07, 6.45) is 4.12. The number of aryl methyl sites for hydroxylation is 2. The van der Waals surface area contributed by atoms with Crippen LogP contribution >= 0.6 is 0 Å². The maximum Gasteiger partial charge on any atom is 0.263 e. The number of rotatable bonds is 7. The summed E-state index contributed by atoms with van der Waals surface area (Å²) in [5.74, 6) is -0.387. The minimum absolute atomic E-state index is 0.0313. The third-order valence-electron chi connectivity index (χ3n) is 7.56. The molecule has 0 spiro atoms. The molecule has 1 fully saturated rings. The van der Waals surface area contributed by atoms with Crippen LogP contribution in [0.15, 0.2) is 54.7 Å². The predicted molar refractivity (Wildman–Crippen MR) is 141 cm³/mol. The zero-order valence-electron chi connectivity index (χ0n) is 21.7. The first kappa shape index (κ1) is 24.7. The van der Waals surface area contributed by atoms with Gasteiger partial charge >= 0.3 is 0 Å². The van der Waals surface area contributed by atoms with Gasteiger partial charge < -0.3 is 9.80 Å². The maximum atomic E-state index is 13.4. The molecule has 0 bridgehead atoms. The van der Waals surface area contributed by atoms with Gasteiger partial charge in [-0.1, -0.05) is 36.4 Å². The molecule has 0 aliphatic carbocycles. The number of piperidine rings is 1. The highest BCUT2D eigenvalue weighted by Crippen LogP contribution is 2.35. The zero-order chi connectivity index (χ0) is 26.1. The molecule has 3 heterocycles. The molecule has 2 aromatic carbocycles. The van der Waals surface area contributed by atoms with E-state index in [9.17, 15) is 14.4 Å². The van der Waals surface area contributed by atoms with E-state index in [0.29, 0.717) is 30.8 Å². The Morgan fingerprint density at radius 2 is 1.76 bits per heavy atom. The van der Waals surface area contributed by atoms with Gasteiger partial charge in [0.05, 0.1) is 29.1 Å². The number of hydrogen-bond donors (Lipinski definition) is 0. The first-order valence-corrected chi connectivity index (χ1v) is 12.9. The molecular formula is C29H33N5O3. The lowest BCUT2D eigenvalue weighted by molar-refractivity contribution is -0.134. The van der Waals surface area contributed by atoms with Gasteiger partial charge in [0.25, 0.3) is 11.8 Å². The Morgan fingerprint density at radius 3 is 2.43 bits per heavy atom. The molecule has 0 atom stereocenters. The Hall–Kier alpha value is -3.94. The van der Waals surface area contributed by atoms with E-state index in [0.717, 1.165) is 36.2 Å². The van der Waals surface area contributed by atoms with Crippen LogP contribution in [0.4, 0.5) is 5.69 Å². The number of likely N-dealkylation sites (N-methyl/N-ethyl adjacent to an activating group) is 1. The van der Waals surface area contributed by atoms with Crippen molar-refractivity contribution in [2.24, 2.45) is 13.0 Å². The summed E-state index contributed by atoms with van der Waals surface area (Å²) in [6, 6.07) is 15.7. The van der Waals surface area contributed by atoms with E-state index in [1.54, 1.807) is 10.7 Å². The lowest BCUT2D eigenvalue weighted by atomic mass is 9.94. The molecule has 37 heavy (non-hydrogen) atoms. The average molecular weight is 500 g/mol. The van der Waals surface area contributed by atoms with E-state index < -0.39 is 0 Å². The van der Waals surface area contributed by atoms with E-state index >= 15 is 0 Å². The van der Waals surface area contributed by atoms with Gasteiger partial charge in [-0.25, -0.2) is 0 Å². The van der Waals surface area contributed by atoms with Crippen molar-refractivity contribution in [1.82, 2.24) is 19.6 Å². The van der Waals surface area contributed by atoms with Crippen LogP contribution in [0.1, 0.15) is 50.4 Å². The van der Waals surface area contributed by atoms with Crippen molar-refractivity contribution in [2.45, 2.75) is 32.7 Å². The highest BCUT2D eigenvalue weighted by atomic mass is 16.2. The Morgan fingerprint density at radius 1 is 1.03 bits per heavy atom. The van der Waals surface area contributed by atoms with Gasteiger partial charge in [-0.3, -0.25) is 24.0 Å². The number of amides is 3. The van der Waals surface area contributed by atoms with Crippen LogP contribution in [0.5, 0.6) is 0 Å². The number of anilines is 1. The Kier molecular flexibility index (Phi) is 6.82. The van der Waals surface area contributed by atoms with Crippen molar-refractivity contribution >= 4 is 23.4 Å². The number of carbonyl (C=O) groups excluding carboxylic acids is 3. The fraction of sp³-hybridized carbons (Fsp3) is 0.379. The second-order valence-corrected chi connectivity index (χ2v) is 10.1. The average Bonchev–Trinajstić information content (AvgIpc) is 3.37. The summed E-state index contributed by atoms with van der Waals surface area (Å²) in [4.78, 5) is 45.0. The third kappa shape index (κ3) is 4.88. The van der Waals surface area contributed by atoms with E-state index in [-0.39, 0.29) is 30.2 Å². The van der Waals surface area contributed by atoms with Crippen molar-refractivity contribution in [2.75, 3.05) is 31.6 Å². The van der Waals surface area contributed by atoms with Crippen LogP contribution in [0.3, 0.4) is 0 Å². The van der Waals surface area contributed by atoms with Crippen LogP contribution < -0.4 is 4.90 Å². The minimum Gasteiger partial charge on any atom is -0.371 e. The second-order valence-electron chi connectivity index (χ2n) is 10.1. The molecule has 2 aliphatic rings. The van der Waals surface area contributed by atoms with Crippen LogP contribution in [-0.2, 0) is 24.8 Å². The van der Waals surface area contributed by atoms with Gasteiger partial charge in [0.2, 0.25) is 5.91 Å². The molecule has 3 aromatic rings. The van der Waals surface area contributed by atoms with Crippen molar-refractivity contribution < 1.29 is 14.4 Å². The molecule has 8 heteroatoms. The molecule has 0 N–H and O–H groups in total. The lowest BCUT2D eigenvalue weighted by Gasteiger charge is -2.35. The molecule has 1 aromatic heterocycles. The first-order valence-electron chi connectivity index (χ1n) is 12.9. The molecule has 5 rings (SSSR count). The number of nitrogens with zero attached hydrogens (tertiary/aromatic N) is 5. The maximum absolute atomic E-state index is 13.4. The largest absolute Gasteiger partial charge is 0.371 e. The highest BCUT2D eigenvalue weighted by molar-refractivity contribution is 6.23. The number of aromatic nitrogens is 2. The van der Waals surface area contributed by atoms with E-state index in [1.807, 2.05) is 62.4 Å². The van der Waals surface area contributed by atoms with Crippen molar-refractivity contribution in [3.63, 3.8) is 0 Å². The fourth-order valence-electron chi connectivity index (χ4n) is 5.43. The highest BCUT2D eigenvalue weighted by Gasteiger charge is 2.39. The van der Waals surface area contributed by atoms with E-state index in [1.165, 1.54) is 10.5 Å². The standard InChI is InChI=1S/C29H33N5O3/c1-20-23(18-32(3)30-20)19-34-28(36)24-10-7-11-25(26(24)29(34)37)33-16-13-22(14-17-33)27(35)31(2)15-12-21-8-5-4-6-9-21/h4-11,18,22H,12-17,19H2,1-3H3. The normalized spacial score (nSPS) is 15.9. The molecule has 0 radical (unpaired) electrons. The summed E-state index contributed by atoms with van der Waals surface area (Å²) in [6.45, 7) is 4.12. The number of carbonyl (C=O) groups is 3. The van der Waals surface area contributed by atoms with Crippen LogP contribution in [0.2, 0.25) is 0 Å². The van der Waals surface area contributed by atoms with E-state index in [2.05, 4.69) is 22.1 Å². The Bertz CT molecular complexity index is 1320. The molecule has 2 aliphatic heterocycles. The molecular weight excluding hydrogens is 466 g/mol. The first-order chi connectivity index (χ1) is 17.8. The summed E-state index contributed by atoms with van der Waals surface area (Å²) >= 11 is 0. The van der Waals surface area contributed by atoms with E-state index in [4.69, 9.17) is 0 Å². The topological polar surface area (TPSA) is 78.8 Å².